The molecular weight excluding hydrogens is 107 g/mol. The van der Waals surface area contributed by atoms with Crippen LogP contribution < -0.4 is 0 Å². The van der Waals surface area contributed by atoms with E-state index in [0.717, 1.165) is 6.42 Å². The van der Waals surface area contributed by atoms with Crippen molar-refractivity contribution in [1.82, 2.24) is 0 Å². The minimum atomic E-state index is -0.877. The van der Waals surface area contributed by atoms with E-state index < -0.39 is 6.17 Å². The van der Waals surface area contributed by atoms with Crippen LogP contribution in [-0.2, 0) is 4.74 Å². The first-order chi connectivity index (χ1) is 3.89. The van der Waals surface area contributed by atoms with Crippen LogP contribution in [0.3, 0.4) is 0 Å². The van der Waals surface area contributed by atoms with E-state index >= 15 is 0 Å². The van der Waals surface area contributed by atoms with Crippen molar-refractivity contribution in [1.29, 1.82) is 0 Å². The lowest BCUT2D eigenvalue weighted by molar-refractivity contribution is 0.106. The number of halogens is 1. The molecule has 46 valence electrons. The second-order valence-electron chi connectivity index (χ2n) is 1.81. The highest BCUT2D eigenvalue weighted by molar-refractivity contribution is 4.90. The Kier molecular flexibility index (Phi) is 2.03. The topological polar surface area (TPSA) is 9.23 Å². The van der Waals surface area contributed by atoms with Crippen LogP contribution in [0.5, 0.6) is 0 Å². The van der Waals surface area contributed by atoms with E-state index in [0.29, 0.717) is 6.61 Å². The molecule has 0 aromatic carbocycles. The molecule has 0 aromatic rings. The van der Waals surface area contributed by atoms with Gasteiger partial charge in [-0.25, -0.2) is 4.39 Å². The molecule has 1 rings (SSSR count). The zero-order valence-electron chi connectivity index (χ0n) is 4.64. The standard InChI is InChI=1S/C6H9FO/c7-6-3-1-2-4-8-5-6/h1,3,6H,2,4-5H2. The van der Waals surface area contributed by atoms with E-state index in [4.69, 9.17) is 4.74 Å². The van der Waals surface area contributed by atoms with Crippen molar-refractivity contribution in [2.45, 2.75) is 12.6 Å². The van der Waals surface area contributed by atoms with Crippen LogP contribution in [0.4, 0.5) is 4.39 Å². The molecule has 0 saturated carbocycles. The molecule has 1 unspecified atom stereocenters. The SMILES string of the molecule is FC1C=CCCOC1. The third-order valence-electron chi connectivity index (χ3n) is 1.05. The number of hydrogen-bond donors (Lipinski definition) is 0. The summed E-state index contributed by atoms with van der Waals surface area (Å²) in [6.07, 6.45) is 3.34. The monoisotopic (exact) mass is 116 g/mol. The predicted molar refractivity (Wildman–Crippen MR) is 29.5 cm³/mol. The Morgan fingerprint density at radius 3 is 3.38 bits per heavy atom. The maximum atomic E-state index is 12.2. The number of alkyl halides is 1. The summed E-state index contributed by atoms with van der Waals surface area (Å²) in [5.74, 6) is 0. The second kappa shape index (κ2) is 2.82. The fourth-order valence-electron chi connectivity index (χ4n) is 0.647. The molecule has 2 heteroatoms. The molecular formula is C6H9FO. The van der Waals surface area contributed by atoms with E-state index in [1.807, 2.05) is 6.08 Å². The van der Waals surface area contributed by atoms with Crippen LogP contribution in [0.1, 0.15) is 6.42 Å². The predicted octanol–water partition coefficient (Wildman–Crippen LogP) is 1.30. The summed E-state index contributed by atoms with van der Waals surface area (Å²) < 4.78 is 17.1. The van der Waals surface area contributed by atoms with Crippen LogP contribution in [0.25, 0.3) is 0 Å². The van der Waals surface area contributed by atoms with Gasteiger partial charge in [0.15, 0.2) is 0 Å². The average Bonchev–Trinajstić information content (AvgIpc) is 1.94. The maximum Gasteiger partial charge on any atom is 0.141 e. The summed E-state index contributed by atoms with van der Waals surface area (Å²) in [6, 6.07) is 0. The quantitative estimate of drug-likeness (QED) is 0.433. The summed E-state index contributed by atoms with van der Waals surface area (Å²) in [7, 11) is 0. The number of rotatable bonds is 0. The van der Waals surface area contributed by atoms with E-state index in [9.17, 15) is 4.39 Å². The zero-order chi connectivity index (χ0) is 5.82. The van der Waals surface area contributed by atoms with Crippen molar-refractivity contribution in [3.05, 3.63) is 12.2 Å². The van der Waals surface area contributed by atoms with Gasteiger partial charge in [0.25, 0.3) is 0 Å². The minimum Gasteiger partial charge on any atom is -0.378 e. The van der Waals surface area contributed by atoms with Crippen LogP contribution >= 0.6 is 0 Å². The minimum absolute atomic E-state index is 0.233. The summed E-state index contributed by atoms with van der Waals surface area (Å²) >= 11 is 0. The van der Waals surface area contributed by atoms with Gasteiger partial charge < -0.3 is 4.74 Å². The molecule has 8 heavy (non-hydrogen) atoms. The fraction of sp³-hybridized carbons (Fsp3) is 0.667. The Hall–Kier alpha value is -0.370. The normalized spacial score (nSPS) is 29.9. The molecule has 0 aromatic heterocycles. The Bertz CT molecular complexity index is 90.5. The maximum absolute atomic E-state index is 12.2. The molecule has 0 fully saturated rings. The van der Waals surface area contributed by atoms with E-state index in [2.05, 4.69) is 0 Å². The third kappa shape index (κ3) is 1.62. The number of hydrogen-bond acceptors (Lipinski definition) is 1. The molecule has 0 saturated heterocycles. The van der Waals surface area contributed by atoms with Crippen LogP contribution in [0, 0.1) is 0 Å². The van der Waals surface area contributed by atoms with Gasteiger partial charge in [0, 0.05) is 0 Å². The van der Waals surface area contributed by atoms with Gasteiger partial charge in [0.1, 0.15) is 6.17 Å². The highest BCUT2D eigenvalue weighted by Crippen LogP contribution is 2.00. The van der Waals surface area contributed by atoms with Gasteiger partial charge in [-0.3, -0.25) is 0 Å². The van der Waals surface area contributed by atoms with E-state index in [1.165, 1.54) is 0 Å². The molecule has 1 heterocycles. The molecule has 0 bridgehead atoms. The Morgan fingerprint density at radius 2 is 2.50 bits per heavy atom. The van der Waals surface area contributed by atoms with Gasteiger partial charge in [0.05, 0.1) is 13.2 Å². The highest BCUT2D eigenvalue weighted by Gasteiger charge is 2.02. The molecule has 1 atom stereocenters. The summed E-state index contributed by atoms with van der Waals surface area (Å²) in [5, 5.41) is 0. The summed E-state index contributed by atoms with van der Waals surface area (Å²) in [6.45, 7) is 0.896. The molecule has 0 radical (unpaired) electrons. The largest absolute Gasteiger partial charge is 0.378 e. The third-order valence-corrected chi connectivity index (χ3v) is 1.05. The first kappa shape index (κ1) is 5.76. The van der Waals surface area contributed by atoms with Gasteiger partial charge in [-0.1, -0.05) is 12.2 Å². The van der Waals surface area contributed by atoms with Gasteiger partial charge >= 0.3 is 0 Å². The second-order valence-corrected chi connectivity index (χ2v) is 1.81. The van der Waals surface area contributed by atoms with Crippen molar-refractivity contribution in [3.63, 3.8) is 0 Å². The Balaban J connectivity index is 2.33. The molecule has 1 aliphatic heterocycles. The van der Waals surface area contributed by atoms with Crippen molar-refractivity contribution in [2.24, 2.45) is 0 Å². The first-order valence-electron chi connectivity index (χ1n) is 2.78. The molecule has 0 amide bonds. The lowest BCUT2D eigenvalue weighted by atomic mass is 10.3. The van der Waals surface area contributed by atoms with Crippen LogP contribution in [0.15, 0.2) is 12.2 Å². The van der Waals surface area contributed by atoms with Crippen molar-refractivity contribution < 1.29 is 9.13 Å². The van der Waals surface area contributed by atoms with Crippen LogP contribution in [0.2, 0.25) is 0 Å². The highest BCUT2D eigenvalue weighted by atomic mass is 19.1. The van der Waals surface area contributed by atoms with Gasteiger partial charge in [-0.2, -0.15) is 0 Å². The fourth-order valence-corrected chi connectivity index (χ4v) is 0.647. The average molecular weight is 116 g/mol. The van der Waals surface area contributed by atoms with Crippen LogP contribution in [-0.4, -0.2) is 19.4 Å². The molecule has 1 aliphatic rings. The first-order valence-corrected chi connectivity index (χ1v) is 2.78. The lowest BCUT2D eigenvalue weighted by Gasteiger charge is -1.97. The molecule has 0 spiro atoms. The van der Waals surface area contributed by atoms with Gasteiger partial charge in [-0.15, -0.1) is 0 Å². The summed E-state index contributed by atoms with van der Waals surface area (Å²) in [4.78, 5) is 0. The van der Waals surface area contributed by atoms with Gasteiger partial charge in [-0.05, 0) is 6.42 Å². The molecule has 0 aliphatic carbocycles. The van der Waals surface area contributed by atoms with E-state index in [1.54, 1.807) is 6.08 Å². The smallest absolute Gasteiger partial charge is 0.141 e. The van der Waals surface area contributed by atoms with E-state index in [-0.39, 0.29) is 6.61 Å². The Morgan fingerprint density at radius 1 is 1.62 bits per heavy atom. The van der Waals surface area contributed by atoms with Gasteiger partial charge in [0.2, 0.25) is 0 Å². The Labute approximate surface area is 48.1 Å². The zero-order valence-corrected chi connectivity index (χ0v) is 4.64. The summed E-state index contributed by atoms with van der Waals surface area (Å²) in [5.41, 5.74) is 0. The molecule has 1 nitrogen and oxygen atoms in total. The van der Waals surface area contributed by atoms with Crippen molar-refractivity contribution >= 4 is 0 Å². The lowest BCUT2D eigenvalue weighted by Crippen LogP contribution is -2.04. The molecule has 0 N–H and O–H groups in total. The van der Waals surface area contributed by atoms with Crippen molar-refractivity contribution in [2.75, 3.05) is 13.2 Å². The van der Waals surface area contributed by atoms with Crippen molar-refractivity contribution in [3.8, 4) is 0 Å². The number of ether oxygens (including phenoxy) is 1.